The van der Waals surface area contributed by atoms with Gasteiger partial charge in [0.1, 0.15) is 5.76 Å². The Balaban J connectivity index is 3.25. The molecule has 0 aliphatic rings. The average Bonchev–Trinajstić information content (AvgIpc) is 1.65. The number of hydrogen-bond donors (Lipinski definition) is 0. The second kappa shape index (κ2) is 3.47. The molecular formula is C6H11FO. The van der Waals surface area contributed by atoms with Gasteiger partial charge in [-0.2, -0.15) is 0 Å². The van der Waals surface area contributed by atoms with Crippen LogP contribution in [0.4, 0.5) is 4.53 Å². The highest BCUT2D eigenvalue weighted by atomic mass is 19.3. The zero-order chi connectivity index (χ0) is 6.57. The summed E-state index contributed by atoms with van der Waals surface area (Å²) in [6.07, 6.45) is 0.594. The maximum absolute atomic E-state index is 11.1. The third-order valence-corrected chi connectivity index (χ3v) is 0.745. The molecule has 0 aromatic rings. The molecule has 0 amide bonds. The average molecular weight is 118 g/mol. The quantitative estimate of drug-likeness (QED) is 0.517. The van der Waals surface area contributed by atoms with E-state index in [0.717, 1.165) is 0 Å². The van der Waals surface area contributed by atoms with Crippen LogP contribution in [-0.2, 0) is 4.94 Å². The Kier molecular flexibility index (Phi) is 3.24. The van der Waals surface area contributed by atoms with Crippen LogP contribution in [0.3, 0.4) is 0 Å². The molecule has 0 aliphatic heterocycles. The summed E-state index contributed by atoms with van der Waals surface area (Å²) in [5.41, 5.74) is 0. The first-order valence-corrected chi connectivity index (χ1v) is 2.63. The largest absolute Gasteiger partial charge is 0.300 e. The van der Waals surface area contributed by atoms with Gasteiger partial charge in [-0.25, -0.2) is 0 Å². The summed E-state index contributed by atoms with van der Waals surface area (Å²) in [6.45, 7) is 7.27. The molecule has 0 aromatic carbocycles. The zero-order valence-electron chi connectivity index (χ0n) is 5.28. The molecule has 0 atom stereocenters. The Hall–Kier alpha value is -0.530. The fourth-order valence-corrected chi connectivity index (χ4v) is 0.487. The third-order valence-electron chi connectivity index (χ3n) is 0.745. The molecule has 1 nitrogen and oxygen atoms in total. The molecule has 0 bridgehead atoms. The van der Waals surface area contributed by atoms with Crippen molar-refractivity contribution in [1.82, 2.24) is 0 Å². The summed E-state index contributed by atoms with van der Waals surface area (Å²) in [6, 6.07) is 0. The van der Waals surface area contributed by atoms with E-state index in [1.54, 1.807) is 0 Å². The van der Waals surface area contributed by atoms with E-state index in [1.807, 2.05) is 13.8 Å². The molecule has 0 saturated heterocycles. The van der Waals surface area contributed by atoms with E-state index >= 15 is 0 Å². The second-order valence-corrected chi connectivity index (χ2v) is 2.21. The Morgan fingerprint density at radius 1 is 1.75 bits per heavy atom. The van der Waals surface area contributed by atoms with Crippen LogP contribution in [0, 0.1) is 5.92 Å². The molecule has 0 heterocycles. The normalized spacial score (nSPS) is 9.50. The Morgan fingerprint density at radius 2 is 2.25 bits per heavy atom. The van der Waals surface area contributed by atoms with Gasteiger partial charge in [-0.05, 0) is 5.92 Å². The van der Waals surface area contributed by atoms with Crippen LogP contribution >= 0.6 is 0 Å². The van der Waals surface area contributed by atoms with Crippen molar-refractivity contribution in [3.05, 3.63) is 12.3 Å². The smallest absolute Gasteiger partial charge is 0.142 e. The van der Waals surface area contributed by atoms with E-state index < -0.39 is 0 Å². The molecule has 0 unspecified atom stereocenters. The van der Waals surface area contributed by atoms with Crippen LogP contribution in [0.1, 0.15) is 20.3 Å². The van der Waals surface area contributed by atoms with Crippen LogP contribution in [0.25, 0.3) is 0 Å². The highest BCUT2D eigenvalue weighted by Crippen LogP contribution is 2.08. The van der Waals surface area contributed by atoms with Gasteiger partial charge in [-0.1, -0.05) is 20.4 Å². The molecule has 0 saturated carbocycles. The van der Waals surface area contributed by atoms with Gasteiger partial charge < -0.3 is 0 Å². The van der Waals surface area contributed by atoms with Gasteiger partial charge in [0.15, 0.2) is 0 Å². The zero-order valence-corrected chi connectivity index (χ0v) is 5.28. The predicted octanol–water partition coefficient (Wildman–Crippen LogP) is 2.45. The first-order valence-electron chi connectivity index (χ1n) is 2.63. The second-order valence-electron chi connectivity index (χ2n) is 2.21. The van der Waals surface area contributed by atoms with Crippen molar-refractivity contribution in [2.24, 2.45) is 5.92 Å². The number of rotatable bonds is 3. The Bertz CT molecular complexity index is 78.6. The number of allylic oxidation sites excluding steroid dienone is 1. The minimum atomic E-state index is 0.208. The van der Waals surface area contributed by atoms with E-state index in [9.17, 15) is 4.53 Å². The van der Waals surface area contributed by atoms with Crippen molar-refractivity contribution < 1.29 is 9.47 Å². The van der Waals surface area contributed by atoms with Gasteiger partial charge in [0, 0.05) is 10.9 Å². The van der Waals surface area contributed by atoms with Gasteiger partial charge in [0.2, 0.25) is 0 Å². The first-order chi connectivity index (χ1) is 3.66. The molecule has 8 heavy (non-hydrogen) atoms. The highest BCUT2D eigenvalue weighted by molar-refractivity contribution is 4.81. The Morgan fingerprint density at radius 3 is 2.38 bits per heavy atom. The molecule has 0 fully saturated rings. The van der Waals surface area contributed by atoms with Gasteiger partial charge >= 0.3 is 0 Å². The van der Waals surface area contributed by atoms with Crippen LogP contribution in [0.15, 0.2) is 12.3 Å². The lowest BCUT2D eigenvalue weighted by atomic mass is 10.1. The van der Waals surface area contributed by atoms with Crippen LogP contribution < -0.4 is 0 Å². The number of hydrogen-bond acceptors (Lipinski definition) is 1. The summed E-state index contributed by atoms with van der Waals surface area (Å²) < 4.78 is 11.1. The molecule has 0 radical (unpaired) electrons. The summed E-state index contributed by atoms with van der Waals surface area (Å²) in [5, 5.41) is 0. The molecule has 0 rings (SSSR count). The van der Waals surface area contributed by atoms with Crippen LogP contribution in [0.5, 0.6) is 0 Å². The number of halogens is 1. The summed E-state index contributed by atoms with van der Waals surface area (Å²) in [4.78, 5) is 3.37. The SMILES string of the molecule is C=C(CC(C)C)OF. The minimum absolute atomic E-state index is 0.208. The van der Waals surface area contributed by atoms with Crippen molar-refractivity contribution in [3.8, 4) is 0 Å². The first kappa shape index (κ1) is 7.47. The van der Waals surface area contributed by atoms with E-state index in [4.69, 9.17) is 0 Å². The standard InChI is InChI=1S/C6H11FO/c1-5(2)4-6(3)8-7/h5H,3-4H2,1-2H3. The lowest BCUT2D eigenvalue weighted by Crippen LogP contribution is -1.89. The van der Waals surface area contributed by atoms with Crippen LogP contribution in [0.2, 0.25) is 0 Å². The van der Waals surface area contributed by atoms with E-state index in [0.29, 0.717) is 12.3 Å². The van der Waals surface area contributed by atoms with Gasteiger partial charge in [-0.3, -0.25) is 4.94 Å². The van der Waals surface area contributed by atoms with Gasteiger partial charge in [-0.15, -0.1) is 0 Å². The van der Waals surface area contributed by atoms with E-state index in [-0.39, 0.29) is 5.76 Å². The van der Waals surface area contributed by atoms with Crippen LogP contribution in [-0.4, -0.2) is 0 Å². The molecule has 0 aromatic heterocycles. The monoisotopic (exact) mass is 118 g/mol. The summed E-state index contributed by atoms with van der Waals surface area (Å²) in [5.74, 6) is 0.623. The molecule has 48 valence electrons. The van der Waals surface area contributed by atoms with Gasteiger partial charge in [0.05, 0.1) is 0 Å². The minimum Gasteiger partial charge on any atom is -0.300 e. The topological polar surface area (TPSA) is 9.23 Å². The van der Waals surface area contributed by atoms with Crippen molar-refractivity contribution in [2.75, 3.05) is 0 Å². The molecule has 0 spiro atoms. The maximum Gasteiger partial charge on any atom is 0.142 e. The van der Waals surface area contributed by atoms with Crippen molar-refractivity contribution in [3.63, 3.8) is 0 Å². The fourth-order valence-electron chi connectivity index (χ4n) is 0.487. The molecule has 2 heteroatoms. The summed E-state index contributed by atoms with van der Waals surface area (Å²) in [7, 11) is 0. The fraction of sp³-hybridized carbons (Fsp3) is 0.667. The lowest BCUT2D eigenvalue weighted by molar-refractivity contribution is -0.0877. The Labute approximate surface area is 49.1 Å². The van der Waals surface area contributed by atoms with Crippen molar-refractivity contribution >= 4 is 0 Å². The van der Waals surface area contributed by atoms with Gasteiger partial charge in [0.25, 0.3) is 0 Å². The van der Waals surface area contributed by atoms with Crippen molar-refractivity contribution in [1.29, 1.82) is 0 Å². The van der Waals surface area contributed by atoms with E-state index in [2.05, 4.69) is 11.5 Å². The molecular weight excluding hydrogens is 107 g/mol. The maximum atomic E-state index is 11.1. The molecule has 0 aliphatic carbocycles. The lowest BCUT2D eigenvalue weighted by Gasteiger charge is -2.00. The predicted molar refractivity (Wildman–Crippen MR) is 30.8 cm³/mol. The molecule has 0 N–H and O–H groups in total. The third kappa shape index (κ3) is 3.65. The van der Waals surface area contributed by atoms with E-state index in [1.165, 1.54) is 0 Å². The van der Waals surface area contributed by atoms with Crippen molar-refractivity contribution in [2.45, 2.75) is 20.3 Å². The summed E-state index contributed by atoms with van der Waals surface area (Å²) >= 11 is 0. The highest BCUT2D eigenvalue weighted by Gasteiger charge is 1.97.